The first-order valence-electron chi connectivity index (χ1n) is 6.58. The topological polar surface area (TPSA) is 81.7 Å². The third kappa shape index (κ3) is 3.27. The van der Waals surface area contributed by atoms with Gasteiger partial charge < -0.3 is 15.7 Å². The van der Waals surface area contributed by atoms with Crippen LogP contribution >= 0.6 is 0 Å². The Kier molecular flexibility index (Phi) is 4.24. The van der Waals surface area contributed by atoms with Crippen LogP contribution in [0.1, 0.15) is 25.5 Å². The predicted octanol–water partition coefficient (Wildman–Crippen LogP) is 0.774. The van der Waals surface area contributed by atoms with Gasteiger partial charge >= 0.3 is 6.03 Å². The van der Waals surface area contributed by atoms with Gasteiger partial charge in [0.1, 0.15) is 0 Å². The zero-order chi connectivity index (χ0) is 14.7. The third-order valence-electron chi connectivity index (χ3n) is 3.26. The molecule has 1 saturated heterocycles. The molecular formula is C14H19N3O3. The Bertz CT molecular complexity index is 499. The highest BCUT2D eigenvalue weighted by Crippen LogP contribution is 2.21. The summed E-state index contributed by atoms with van der Waals surface area (Å²) in [5.74, 6) is -0.112. The first-order valence-corrected chi connectivity index (χ1v) is 6.58. The minimum Gasteiger partial charge on any atom is -0.389 e. The number of nitrogens with zero attached hydrogens (tertiary/aromatic N) is 1. The molecule has 1 fully saturated rings. The van der Waals surface area contributed by atoms with Crippen molar-refractivity contribution in [3.05, 3.63) is 29.8 Å². The second kappa shape index (κ2) is 5.92. The number of anilines is 1. The van der Waals surface area contributed by atoms with Gasteiger partial charge in [-0.2, -0.15) is 0 Å². The van der Waals surface area contributed by atoms with Crippen molar-refractivity contribution in [2.45, 2.75) is 26.0 Å². The monoisotopic (exact) mass is 277 g/mol. The van der Waals surface area contributed by atoms with E-state index in [9.17, 15) is 14.7 Å². The molecule has 6 heteroatoms. The van der Waals surface area contributed by atoms with Crippen LogP contribution in [0.25, 0.3) is 0 Å². The fraction of sp³-hybridized carbons (Fsp3) is 0.429. The molecule has 1 aromatic carbocycles. The average Bonchev–Trinajstić information content (AvgIpc) is 2.78. The van der Waals surface area contributed by atoms with Gasteiger partial charge in [0, 0.05) is 25.7 Å². The van der Waals surface area contributed by atoms with E-state index in [1.165, 1.54) is 6.92 Å². The van der Waals surface area contributed by atoms with Gasteiger partial charge in [0.15, 0.2) is 0 Å². The Morgan fingerprint density at radius 3 is 2.70 bits per heavy atom. The van der Waals surface area contributed by atoms with Gasteiger partial charge in [-0.15, -0.1) is 0 Å². The van der Waals surface area contributed by atoms with Crippen molar-refractivity contribution in [1.29, 1.82) is 0 Å². The smallest absolute Gasteiger partial charge is 0.322 e. The highest BCUT2D eigenvalue weighted by molar-refractivity contribution is 5.94. The fourth-order valence-electron chi connectivity index (χ4n) is 2.14. The number of hydrogen-bond donors (Lipinski definition) is 3. The van der Waals surface area contributed by atoms with E-state index in [2.05, 4.69) is 10.6 Å². The SMILES string of the molecule is CC(=O)NCC1CN(c2ccc(C(C)O)cc2)C(=O)N1. The number of aliphatic hydroxyl groups is 1. The van der Waals surface area contributed by atoms with E-state index in [0.29, 0.717) is 13.1 Å². The maximum absolute atomic E-state index is 11.9. The number of nitrogens with one attached hydrogen (secondary N) is 2. The highest BCUT2D eigenvalue weighted by atomic mass is 16.3. The number of rotatable bonds is 4. The van der Waals surface area contributed by atoms with Crippen LogP contribution < -0.4 is 15.5 Å². The molecule has 1 aliphatic rings. The molecule has 2 unspecified atom stereocenters. The second-order valence-electron chi connectivity index (χ2n) is 4.96. The summed E-state index contributed by atoms with van der Waals surface area (Å²) in [6, 6.07) is 6.95. The summed E-state index contributed by atoms with van der Waals surface area (Å²) in [7, 11) is 0. The first-order chi connectivity index (χ1) is 9.47. The lowest BCUT2D eigenvalue weighted by molar-refractivity contribution is -0.119. The minimum atomic E-state index is -0.524. The van der Waals surface area contributed by atoms with Crippen molar-refractivity contribution in [3.8, 4) is 0 Å². The summed E-state index contributed by atoms with van der Waals surface area (Å²) in [4.78, 5) is 24.4. The van der Waals surface area contributed by atoms with Crippen molar-refractivity contribution >= 4 is 17.6 Å². The second-order valence-corrected chi connectivity index (χ2v) is 4.96. The molecule has 0 saturated carbocycles. The van der Waals surface area contributed by atoms with E-state index < -0.39 is 6.10 Å². The molecular weight excluding hydrogens is 258 g/mol. The molecule has 3 N–H and O–H groups in total. The van der Waals surface area contributed by atoms with E-state index >= 15 is 0 Å². The maximum Gasteiger partial charge on any atom is 0.322 e. The van der Waals surface area contributed by atoms with Crippen molar-refractivity contribution in [2.75, 3.05) is 18.0 Å². The minimum absolute atomic E-state index is 0.0946. The van der Waals surface area contributed by atoms with E-state index in [1.807, 2.05) is 12.1 Å². The van der Waals surface area contributed by atoms with Gasteiger partial charge in [-0.25, -0.2) is 4.79 Å². The van der Waals surface area contributed by atoms with E-state index in [-0.39, 0.29) is 18.0 Å². The molecule has 108 valence electrons. The third-order valence-corrected chi connectivity index (χ3v) is 3.26. The van der Waals surface area contributed by atoms with E-state index in [1.54, 1.807) is 24.0 Å². The van der Waals surface area contributed by atoms with Gasteiger partial charge in [-0.1, -0.05) is 12.1 Å². The number of amides is 3. The zero-order valence-corrected chi connectivity index (χ0v) is 11.6. The zero-order valence-electron chi connectivity index (χ0n) is 11.6. The van der Waals surface area contributed by atoms with Crippen molar-refractivity contribution in [2.24, 2.45) is 0 Å². The lowest BCUT2D eigenvalue weighted by atomic mass is 10.1. The van der Waals surface area contributed by atoms with Gasteiger partial charge in [0.2, 0.25) is 5.91 Å². The first kappa shape index (κ1) is 14.3. The lowest BCUT2D eigenvalue weighted by Gasteiger charge is -2.16. The van der Waals surface area contributed by atoms with Crippen LogP contribution in [0, 0.1) is 0 Å². The molecule has 1 aliphatic heterocycles. The largest absolute Gasteiger partial charge is 0.389 e. The Hall–Kier alpha value is -2.08. The number of urea groups is 1. The molecule has 1 aromatic rings. The summed E-state index contributed by atoms with van der Waals surface area (Å²) in [6.45, 7) is 4.07. The molecule has 0 bridgehead atoms. The number of benzene rings is 1. The molecule has 2 rings (SSSR count). The quantitative estimate of drug-likeness (QED) is 0.760. The van der Waals surface area contributed by atoms with Crippen LogP contribution in [0.5, 0.6) is 0 Å². The Morgan fingerprint density at radius 2 is 2.15 bits per heavy atom. The number of hydrogen-bond acceptors (Lipinski definition) is 3. The summed E-state index contributed by atoms with van der Waals surface area (Å²) < 4.78 is 0. The maximum atomic E-state index is 11.9. The molecule has 2 atom stereocenters. The average molecular weight is 277 g/mol. The van der Waals surface area contributed by atoms with Gasteiger partial charge in [0.05, 0.1) is 12.1 Å². The van der Waals surface area contributed by atoms with Gasteiger partial charge in [-0.3, -0.25) is 9.69 Å². The molecule has 0 aromatic heterocycles. The van der Waals surface area contributed by atoms with Gasteiger partial charge in [-0.05, 0) is 24.6 Å². The molecule has 0 radical (unpaired) electrons. The van der Waals surface area contributed by atoms with Crippen LogP contribution in [-0.4, -0.2) is 36.2 Å². The molecule has 6 nitrogen and oxygen atoms in total. The van der Waals surface area contributed by atoms with Crippen molar-refractivity contribution in [3.63, 3.8) is 0 Å². The summed E-state index contributed by atoms with van der Waals surface area (Å²) >= 11 is 0. The van der Waals surface area contributed by atoms with E-state index in [0.717, 1.165) is 11.3 Å². The van der Waals surface area contributed by atoms with Crippen LogP contribution in [-0.2, 0) is 4.79 Å². The lowest BCUT2D eigenvalue weighted by Crippen LogP contribution is -2.38. The summed E-state index contributed by atoms with van der Waals surface area (Å²) in [6.07, 6.45) is -0.524. The van der Waals surface area contributed by atoms with Crippen LogP contribution in [0.2, 0.25) is 0 Å². The van der Waals surface area contributed by atoms with Crippen LogP contribution in [0.15, 0.2) is 24.3 Å². The predicted molar refractivity (Wildman–Crippen MR) is 75.4 cm³/mol. The Morgan fingerprint density at radius 1 is 1.50 bits per heavy atom. The molecule has 0 aliphatic carbocycles. The Balaban J connectivity index is 2.02. The number of aliphatic hydroxyl groups excluding tert-OH is 1. The molecule has 0 spiro atoms. The van der Waals surface area contributed by atoms with E-state index in [4.69, 9.17) is 0 Å². The summed E-state index contributed by atoms with van der Waals surface area (Å²) in [5.41, 5.74) is 1.58. The Labute approximate surface area is 117 Å². The standard InChI is InChI=1S/C14H19N3O3/c1-9(18)11-3-5-13(6-4-11)17-8-12(16-14(17)20)7-15-10(2)19/h3-6,9,12,18H,7-8H2,1-2H3,(H,15,19)(H,16,20). The van der Waals surface area contributed by atoms with Crippen molar-refractivity contribution in [1.82, 2.24) is 10.6 Å². The normalized spacial score (nSPS) is 19.6. The highest BCUT2D eigenvalue weighted by Gasteiger charge is 2.29. The molecule has 20 heavy (non-hydrogen) atoms. The number of carbonyl (C=O) groups excluding carboxylic acids is 2. The fourth-order valence-corrected chi connectivity index (χ4v) is 2.14. The molecule has 1 heterocycles. The van der Waals surface area contributed by atoms with Gasteiger partial charge in [0.25, 0.3) is 0 Å². The number of carbonyl (C=O) groups is 2. The van der Waals surface area contributed by atoms with Crippen molar-refractivity contribution < 1.29 is 14.7 Å². The summed E-state index contributed by atoms with van der Waals surface area (Å²) in [5, 5.41) is 15.0. The van der Waals surface area contributed by atoms with Crippen LogP contribution in [0.4, 0.5) is 10.5 Å². The van der Waals surface area contributed by atoms with Crippen LogP contribution in [0.3, 0.4) is 0 Å². The molecule has 3 amide bonds.